The van der Waals surface area contributed by atoms with Gasteiger partial charge in [-0.25, -0.2) is 0 Å². The Morgan fingerprint density at radius 2 is 1.72 bits per heavy atom. The maximum atomic E-state index is 11.5. The van der Waals surface area contributed by atoms with Crippen LogP contribution in [0.2, 0.25) is 5.02 Å². The smallest absolute Gasteiger partial charge is 0.221 e. The molecule has 3 heterocycles. The summed E-state index contributed by atoms with van der Waals surface area (Å²) >= 11 is 12.0. The number of pyridine rings is 1. The molecule has 0 spiro atoms. The molecule has 2 aromatic carbocycles. The van der Waals surface area contributed by atoms with E-state index < -0.39 is 0 Å². The lowest BCUT2D eigenvalue weighted by atomic mass is 9.96. The minimum absolute atomic E-state index is 0.108. The molecule has 2 aromatic heterocycles. The Balaban J connectivity index is 1.62. The van der Waals surface area contributed by atoms with Gasteiger partial charge in [0.15, 0.2) is 5.11 Å². The van der Waals surface area contributed by atoms with Crippen molar-refractivity contribution >= 4 is 46.2 Å². The van der Waals surface area contributed by atoms with Gasteiger partial charge in [0, 0.05) is 46.6 Å². The minimum atomic E-state index is -0.145. The van der Waals surface area contributed by atoms with Gasteiger partial charge in [-0.15, -0.1) is 0 Å². The highest BCUT2D eigenvalue weighted by Crippen LogP contribution is 2.44. The number of hydrogen-bond acceptors (Lipinski definition) is 3. The van der Waals surface area contributed by atoms with Crippen molar-refractivity contribution in [3.8, 4) is 5.69 Å². The Morgan fingerprint density at radius 3 is 2.36 bits per heavy atom. The lowest BCUT2D eigenvalue weighted by Gasteiger charge is -2.28. The molecule has 6 nitrogen and oxygen atoms in total. The van der Waals surface area contributed by atoms with Gasteiger partial charge < -0.3 is 20.1 Å². The molecule has 36 heavy (non-hydrogen) atoms. The van der Waals surface area contributed by atoms with Gasteiger partial charge in [-0.1, -0.05) is 17.7 Å². The summed E-state index contributed by atoms with van der Waals surface area (Å²) < 4.78 is 2.24. The zero-order chi connectivity index (χ0) is 25.4. The van der Waals surface area contributed by atoms with E-state index in [1.807, 2.05) is 66.7 Å². The van der Waals surface area contributed by atoms with E-state index in [0.29, 0.717) is 10.1 Å². The monoisotopic (exact) mass is 515 g/mol. The first-order valence-corrected chi connectivity index (χ1v) is 12.4. The lowest BCUT2D eigenvalue weighted by Crippen LogP contribution is -2.29. The molecule has 0 radical (unpaired) electrons. The number of aryl methyl sites for hydroxylation is 1. The van der Waals surface area contributed by atoms with Crippen molar-refractivity contribution in [1.29, 1.82) is 0 Å². The number of benzene rings is 2. The van der Waals surface area contributed by atoms with Gasteiger partial charge in [-0.05, 0) is 98.4 Å². The molecule has 1 saturated heterocycles. The third-order valence-electron chi connectivity index (χ3n) is 6.44. The van der Waals surface area contributed by atoms with Crippen LogP contribution in [0.25, 0.3) is 5.69 Å². The first-order chi connectivity index (χ1) is 17.3. The van der Waals surface area contributed by atoms with Gasteiger partial charge in [-0.2, -0.15) is 0 Å². The number of nitrogens with one attached hydrogen (secondary N) is 2. The molecular weight excluding hydrogens is 490 g/mol. The van der Waals surface area contributed by atoms with Crippen molar-refractivity contribution in [1.82, 2.24) is 14.9 Å². The number of anilines is 2. The van der Waals surface area contributed by atoms with E-state index >= 15 is 0 Å². The van der Waals surface area contributed by atoms with Crippen LogP contribution in [0.3, 0.4) is 0 Å². The molecule has 1 fully saturated rings. The Morgan fingerprint density at radius 1 is 1.03 bits per heavy atom. The predicted molar refractivity (Wildman–Crippen MR) is 149 cm³/mol. The number of carbonyl (C=O) groups excluding carboxylic acids is 1. The fourth-order valence-electron chi connectivity index (χ4n) is 4.93. The molecule has 0 saturated carbocycles. The molecule has 2 N–H and O–H groups in total. The molecule has 0 aliphatic carbocycles. The summed E-state index contributed by atoms with van der Waals surface area (Å²) in [6.45, 7) is 5.73. The van der Waals surface area contributed by atoms with E-state index in [1.165, 1.54) is 6.92 Å². The number of thiocarbonyl (C=S) groups is 1. The van der Waals surface area contributed by atoms with Crippen LogP contribution in [-0.4, -0.2) is 20.6 Å². The summed E-state index contributed by atoms with van der Waals surface area (Å²) in [6.07, 6.45) is 1.80. The van der Waals surface area contributed by atoms with Crippen LogP contribution in [0.15, 0.2) is 79.0 Å². The molecular formula is C28H26ClN5OS. The minimum Gasteiger partial charge on any atom is -0.351 e. The van der Waals surface area contributed by atoms with Gasteiger partial charge in [0.2, 0.25) is 5.91 Å². The first kappa shape index (κ1) is 24.0. The predicted octanol–water partition coefficient (Wildman–Crippen LogP) is 6.28. The third-order valence-corrected chi connectivity index (χ3v) is 7.00. The summed E-state index contributed by atoms with van der Waals surface area (Å²) in [5.74, 6) is -0.108. The van der Waals surface area contributed by atoms with Crippen LogP contribution < -0.4 is 15.5 Å². The van der Waals surface area contributed by atoms with Crippen LogP contribution >= 0.6 is 23.8 Å². The molecule has 1 aliphatic heterocycles. The number of nitrogens with zero attached hydrogens (tertiary/aromatic N) is 3. The van der Waals surface area contributed by atoms with E-state index in [0.717, 1.165) is 39.7 Å². The molecule has 1 amide bonds. The normalized spacial score (nSPS) is 17.2. The topological polar surface area (TPSA) is 62.2 Å². The maximum Gasteiger partial charge on any atom is 0.221 e. The second-order valence-electron chi connectivity index (χ2n) is 8.86. The van der Waals surface area contributed by atoms with Crippen molar-refractivity contribution in [2.45, 2.75) is 32.9 Å². The van der Waals surface area contributed by atoms with Gasteiger partial charge in [-0.3, -0.25) is 9.78 Å². The molecule has 1 aliphatic rings. The summed E-state index contributed by atoms with van der Waals surface area (Å²) in [7, 11) is 0. The van der Waals surface area contributed by atoms with E-state index in [-0.39, 0.29) is 18.0 Å². The Hall–Kier alpha value is -3.68. The molecule has 8 heteroatoms. The van der Waals surface area contributed by atoms with Crippen molar-refractivity contribution in [2.75, 3.05) is 10.2 Å². The average molecular weight is 516 g/mol. The molecule has 5 rings (SSSR count). The summed E-state index contributed by atoms with van der Waals surface area (Å²) in [4.78, 5) is 18.3. The maximum absolute atomic E-state index is 11.5. The standard InChI is InChI=1S/C28H26ClN5OS/c1-17-16-24(18(2)33(17)22-11-7-20(29)8-12-22)27-26(25-6-4-5-15-30-25)32-28(36)34(27)23-13-9-21(10-14-23)31-19(3)35/h4-16,26-27H,1-3H3,(H,31,35)(H,32,36). The van der Waals surface area contributed by atoms with Crippen molar-refractivity contribution in [2.24, 2.45) is 0 Å². The third kappa shape index (κ3) is 4.47. The Labute approximate surface area is 220 Å². The van der Waals surface area contributed by atoms with Crippen LogP contribution in [-0.2, 0) is 4.79 Å². The zero-order valence-corrected chi connectivity index (χ0v) is 21.8. The number of rotatable bonds is 5. The largest absolute Gasteiger partial charge is 0.351 e. The van der Waals surface area contributed by atoms with Crippen molar-refractivity contribution in [3.63, 3.8) is 0 Å². The second kappa shape index (κ2) is 9.76. The van der Waals surface area contributed by atoms with Gasteiger partial charge >= 0.3 is 0 Å². The van der Waals surface area contributed by atoms with E-state index in [1.54, 1.807) is 6.20 Å². The van der Waals surface area contributed by atoms with E-state index in [4.69, 9.17) is 23.8 Å². The molecule has 182 valence electrons. The first-order valence-electron chi connectivity index (χ1n) is 11.7. The number of amides is 1. The molecule has 0 bridgehead atoms. The number of carbonyl (C=O) groups is 1. The molecule has 2 unspecified atom stereocenters. The molecule has 2 atom stereocenters. The Kier molecular flexibility index (Phi) is 6.51. The van der Waals surface area contributed by atoms with Gasteiger partial charge in [0.1, 0.15) is 0 Å². The number of aromatic nitrogens is 2. The highest BCUT2D eigenvalue weighted by Gasteiger charge is 2.42. The number of halogens is 1. The van der Waals surface area contributed by atoms with Crippen LogP contribution in [0.4, 0.5) is 11.4 Å². The van der Waals surface area contributed by atoms with Crippen LogP contribution in [0, 0.1) is 13.8 Å². The summed E-state index contributed by atoms with van der Waals surface area (Å²) in [5.41, 5.74) is 7.02. The Bertz CT molecular complexity index is 1420. The zero-order valence-electron chi connectivity index (χ0n) is 20.2. The SMILES string of the molecule is CC(=O)Nc1ccc(N2C(=S)NC(c3ccccn3)C2c2cc(C)n(-c3ccc(Cl)cc3)c2C)cc1. The highest BCUT2D eigenvalue weighted by molar-refractivity contribution is 7.80. The fourth-order valence-corrected chi connectivity index (χ4v) is 5.40. The van der Waals surface area contributed by atoms with Gasteiger partial charge in [0.05, 0.1) is 17.8 Å². The van der Waals surface area contributed by atoms with E-state index in [9.17, 15) is 4.79 Å². The summed E-state index contributed by atoms with van der Waals surface area (Å²) in [6, 6.07) is 23.5. The lowest BCUT2D eigenvalue weighted by molar-refractivity contribution is -0.114. The summed E-state index contributed by atoms with van der Waals surface area (Å²) in [5, 5.41) is 7.67. The quantitative estimate of drug-likeness (QED) is 0.306. The fraction of sp³-hybridized carbons (Fsp3) is 0.179. The van der Waals surface area contributed by atoms with Crippen molar-refractivity contribution in [3.05, 3.63) is 107 Å². The highest BCUT2D eigenvalue weighted by atomic mass is 35.5. The van der Waals surface area contributed by atoms with Crippen LogP contribution in [0.5, 0.6) is 0 Å². The number of hydrogen-bond donors (Lipinski definition) is 2. The van der Waals surface area contributed by atoms with E-state index in [2.05, 4.69) is 45.0 Å². The average Bonchev–Trinajstić information content (AvgIpc) is 3.35. The van der Waals surface area contributed by atoms with Gasteiger partial charge in [0.25, 0.3) is 0 Å². The molecule has 4 aromatic rings. The van der Waals surface area contributed by atoms with Crippen molar-refractivity contribution < 1.29 is 4.79 Å². The van der Waals surface area contributed by atoms with Crippen LogP contribution in [0.1, 0.15) is 41.7 Å². The second-order valence-corrected chi connectivity index (χ2v) is 9.69.